The SMILES string of the molecule is N=C(NC(=O)O)N1CCCCC1. The van der Waals surface area contributed by atoms with Gasteiger partial charge in [0, 0.05) is 13.1 Å². The van der Waals surface area contributed by atoms with Crippen LogP contribution in [0.1, 0.15) is 19.3 Å². The summed E-state index contributed by atoms with van der Waals surface area (Å²) < 4.78 is 0. The van der Waals surface area contributed by atoms with Gasteiger partial charge in [0.25, 0.3) is 0 Å². The number of hydrogen-bond acceptors (Lipinski definition) is 2. The Balaban J connectivity index is 2.34. The lowest BCUT2D eigenvalue weighted by Crippen LogP contribution is -2.45. The molecule has 5 nitrogen and oxygen atoms in total. The largest absolute Gasteiger partial charge is 0.465 e. The molecular weight excluding hydrogens is 158 g/mol. The Morgan fingerprint density at radius 2 is 1.92 bits per heavy atom. The molecule has 1 aliphatic rings. The van der Waals surface area contributed by atoms with Crippen molar-refractivity contribution in [3.05, 3.63) is 0 Å². The van der Waals surface area contributed by atoms with Gasteiger partial charge in [-0.3, -0.25) is 10.7 Å². The standard InChI is InChI=1S/C7H13N3O2/c8-6(9-7(11)12)10-4-2-1-3-5-10/h1-5H2,(H2,8,9)(H,11,12). The van der Waals surface area contributed by atoms with Crippen LogP contribution in [0.15, 0.2) is 0 Å². The second kappa shape index (κ2) is 3.94. The van der Waals surface area contributed by atoms with E-state index in [0.29, 0.717) is 0 Å². The van der Waals surface area contributed by atoms with E-state index >= 15 is 0 Å². The minimum Gasteiger partial charge on any atom is -0.465 e. The molecule has 1 rings (SSSR count). The third kappa shape index (κ3) is 2.41. The van der Waals surface area contributed by atoms with E-state index in [2.05, 4.69) is 0 Å². The fourth-order valence-electron chi connectivity index (χ4n) is 1.30. The maximum absolute atomic E-state index is 10.2. The van der Waals surface area contributed by atoms with E-state index in [1.54, 1.807) is 4.90 Å². The molecule has 0 aromatic heterocycles. The summed E-state index contributed by atoms with van der Waals surface area (Å²) in [5.74, 6) is 0.00204. The average molecular weight is 171 g/mol. The van der Waals surface area contributed by atoms with E-state index in [4.69, 9.17) is 10.5 Å². The molecule has 5 heteroatoms. The molecular formula is C7H13N3O2. The molecule has 0 spiro atoms. The average Bonchev–Trinajstić information content (AvgIpc) is 2.05. The van der Waals surface area contributed by atoms with Gasteiger partial charge in [0.15, 0.2) is 0 Å². The third-order valence-corrected chi connectivity index (χ3v) is 1.90. The first-order chi connectivity index (χ1) is 5.70. The molecule has 1 heterocycles. The number of carbonyl (C=O) groups is 1. The number of nitrogens with zero attached hydrogens (tertiary/aromatic N) is 1. The fourth-order valence-corrected chi connectivity index (χ4v) is 1.30. The van der Waals surface area contributed by atoms with Crippen LogP contribution in [0.4, 0.5) is 4.79 Å². The number of hydrogen-bond donors (Lipinski definition) is 3. The van der Waals surface area contributed by atoms with Crippen LogP contribution in [0, 0.1) is 5.41 Å². The minimum atomic E-state index is -1.16. The van der Waals surface area contributed by atoms with Gasteiger partial charge < -0.3 is 10.0 Å². The maximum atomic E-state index is 10.2. The van der Waals surface area contributed by atoms with Crippen LogP contribution in [-0.4, -0.2) is 35.1 Å². The first kappa shape index (κ1) is 8.83. The number of rotatable bonds is 0. The molecule has 1 saturated heterocycles. The monoisotopic (exact) mass is 171 g/mol. The van der Waals surface area contributed by atoms with Gasteiger partial charge in [0.1, 0.15) is 0 Å². The van der Waals surface area contributed by atoms with Gasteiger partial charge in [-0.2, -0.15) is 0 Å². The van der Waals surface area contributed by atoms with Crippen LogP contribution >= 0.6 is 0 Å². The van der Waals surface area contributed by atoms with Gasteiger partial charge in [0.05, 0.1) is 0 Å². The molecule has 0 aromatic carbocycles. The number of guanidine groups is 1. The molecule has 1 fully saturated rings. The van der Waals surface area contributed by atoms with Gasteiger partial charge in [-0.25, -0.2) is 4.79 Å². The van der Waals surface area contributed by atoms with Crippen LogP contribution in [-0.2, 0) is 0 Å². The first-order valence-electron chi connectivity index (χ1n) is 4.03. The molecule has 0 saturated carbocycles. The second-order valence-corrected chi connectivity index (χ2v) is 2.83. The van der Waals surface area contributed by atoms with E-state index in [1.165, 1.54) is 6.42 Å². The molecule has 68 valence electrons. The van der Waals surface area contributed by atoms with E-state index in [-0.39, 0.29) is 5.96 Å². The highest BCUT2D eigenvalue weighted by Gasteiger charge is 2.14. The van der Waals surface area contributed by atoms with Gasteiger partial charge in [-0.15, -0.1) is 0 Å². The highest BCUT2D eigenvalue weighted by atomic mass is 16.4. The molecule has 0 unspecified atom stereocenters. The van der Waals surface area contributed by atoms with Gasteiger partial charge >= 0.3 is 6.09 Å². The third-order valence-electron chi connectivity index (χ3n) is 1.90. The van der Waals surface area contributed by atoms with Crippen molar-refractivity contribution in [2.75, 3.05) is 13.1 Å². The van der Waals surface area contributed by atoms with Crippen molar-refractivity contribution in [2.45, 2.75) is 19.3 Å². The van der Waals surface area contributed by atoms with Crippen LogP contribution in [0.25, 0.3) is 0 Å². The summed E-state index contributed by atoms with van der Waals surface area (Å²) in [7, 11) is 0. The molecule has 1 aliphatic heterocycles. The zero-order valence-electron chi connectivity index (χ0n) is 6.84. The van der Waals surface area contributed by atoms with Crippen molar-refractivity contribution in [3.63, 3.8) is 0 Å². The predicted molar refractivity (Wildman–Crippen MR) is 44.3 cm³/mol. The Bertz CT molecular complexity index is 187. The molecule has 0 bridgehead atoms. The number of piperidine rings is 1. The van der Waals surface area contributed by atoms with Crippen molar-refractivity contribution in [2.24, 2.45) is 0 Å². The molecule has 0 aliphatic carbocycles. The topological polar surface area (TPSA) is 76.4 Å². The van der Waals surface area contributed by atoms with Crippen LogP contribution in [0.2, 0.25) is 0 Å². The molecule has 0 radical (unpaired) electrons. The van der Waals surface area contributed by atoms with Crippen molar-refractivity contribution < 1.29 is 9.90 Å². The quantitative estimate of drug-likeness (QED) is 0.370. The summed E-state index contributed by atoms with van der Waals surface area (Å²) in [4.78, 5) is 11.9. The highest BCUT2D eigenvalue weighted by Crippen LogP contribution is 2.07. The van der Waals surface area contributed by atoms with E-state index in [1.807, 2.05) is 5.32 Å². The zero-order chi connectivity index (χ0) is 8.97. The summed E-state index contributed by atoms with van der Waals surface area (Å²) in [6, 6.07) is 0. The number of carboxylic acid groups (broad SMARTS) is 1. The van der Waals surface area contributed by atoms with Gasteiger partial charge in [-0.05, 0) is 19.3 Å². The lowest BCUT2D eigenvalue weighted by Gasteiger charge is -2.27. The van der Waals surface area contributed by atoms with Crippen molar-refractivity contribution in [1.29, 1.82) is 5.41 Å². The molecule has 0 atom stereocenters. The van der Waals surface area contributed by atoms with Crippen LogP contribution in [0.5, 0.6) is 0 Å². The fraction of sp³-hybridized carbons (Fsp3) is 0.714. The molecule has 3 N–H and O–H groups in total. The normalized spacial score (nSPS) is 17.2. The summed E-state index contributed by atoms with van der Waals surface area (Å²) in [6.45, 7) is 1.58. The van der Waals surface area contributed by atoms with Crippen molar-refractivity contribution in [3.8, 4) is 0 Å². The summed E-state index contributed by atoms with van der Waals surface area (Å²) in [5, 5.41) is 17.7. The Morgan fingerprint density at radius 3 is 2.42 bits per heavy atom. The Kier molecular flexibility index (Phi) is 2.90. The number of likely N-dealkylation sites (tertiary alicyclic amines) is 1. The lowest BCUT2D eigenvalue weighted by molar-refractivity contribution is 0.197. The molecule has 12 heavy (non-hydrogen) atoms. The summed E-state index contributed by atoms with van der Waals surface area (Å²) >= 11 is 0. The van der Waals surface area contributed by atoms with Crippen LogP contribution < -0.4 is 5.32 Å². The Labute approximate surface area is 70.9 Å². The zero-order valence-corrected chi connectivity index (χ0v) is 6.84. The van der Waals surface area contributed by atoms with Crippen molar-refractivity contribution >= 4 is 12.1 Å². The Hall–Kier alpha value is -1.26. The molecule has 0 aromatic rings. The van der Waals surface area contributed by atoms with Crippen LogP contribution in [0.3, 0.4) is 0 Å². The van der Waals surface area contributed by atoms with Crippen molar-refractivity contribution in [1.82, 2.24) is 10.2 Å². The summed E-state index contributed by atoms with van der Waals surface area (Å²) in [6.07, 6.45) is 2.11. The van der Waals surface area contributed by atoms with E-state index in [9.17, 15) is 4.79 Å². The van der Waals surface area contributed by atoms with Gasteiger partial charge in [0.2, 0.25) is 5.96 Å². The highest BCUT2D eigenvalue weighted by molar-refractivity contribution is 5.91. The molecule has 1 amide bonds. The smallest absolute Gasteiger partial charge is 0.411 e. The predicted octanol–water partition coefficient (Wildman–Crippen LogP) is 0.675. The van der Waals surface area contributed by atoms with E-state index in [0.717, 1.165) is 25.9 Å². The number of amides is 1. The lowest BCUT2D eigenvalue weighted by atomic mass is 10.1. The number of nitrogens with one attached hydrogen (secondary N) is 2. The summed E-state index contributed by atoms with van der Waals surface area (Å²) in [5.41, 5.74) is 0. The van der Waals surface area contributed by atoms with E-state index < -0.39 is 6.09 Å². The Morgan fingerprint density at radius 1 is 1.33 bits per heavy atom. The first-order valence-corrected chi connectivity index (χ1v) is 4.03. The van der Waals surface area contributed by atoms with Gasteiger partial charge in [-0.1, -0.05) is 0 Å². The minimum absolute atomic E-state index is 0.00204. The second-order valence-electron chi connectivity index (χ2n) is 2.83. The maximum Gasteiger partial charge on any atom is 0.411 e.